The number of esters is 1. The van der Waals surface area contributed by atoms with E-state index in [-0.39, 0.29) is 18.1 Å². The van der Waals surface area contributed by atoms with Crippen LogP contribution in [0.5, 0.6) is 0 Å². The van der Waals surface area contributed by atoms with Crippen molar-refractivity contribution in [3.05, 3.63) is 22.7 Å². The minimum absolute atomic E-state index is 0.140. The van der Waals surface area contributed by atoms with E-state index in [0.717, 1.165) is 0 Å². The largest absolute Gasteiger partial charge is 0.461 e. The minimum atomic E-state index is -0.990. The molecule has 96 valence electrons. The second kappa shape index (κ2) is 4.97. The van der Waals surface area contributed by atoms with Crippen LogP contribution in [0.15, 0.2) is 27.9 Å². The van der Waals surface area contributed by atoms with Gasteiger partial charge in [-0.2, -0.15) is 0 Å². The lowest BCUT2D eigenvalue weighted by Crippen LogP contribution is -2.42. The first-order valence-corrected chi connectivity index (χ1v) is 6.90. The highest BCUT2D eigenvalue weighted by Gasteiger charge is 2.52. The molecule has 1 spiro atoms. The number of alkyl halides is 1. The number of carbonyl (C=O) groups is 2. The molecule has 0 aromatic carbocycles. The molecule has 0 saturated heterocycles. The molecule has 0 N–H and O–H groups in total. The average Bonchev–Trinajstić information content (AvgIpc) is 2.64. The van der Waals surface area contributed by atoms with E-state index in [1.165, 1.54) is 12.2 Å². The first-order valence-electron chi connectivity index (χ1n) is 5.19. The van der Waals surface area contributed by atoms with Gasteiger partial charge in [-0.05, 0) is 19.1 Å². The highest BCUT2D eigenvalue weighted by molar-refractivity contribution is 9.12. The van der Waals surface area contributed by atoms with Crippen molar-refractivity contribution in [2.45, 2.75) is 17.4 Å². The van der Waals surface area contributed by atoms with Gasteiger partial charge in [0.15, 0.2) is 11.5 Å². The molecule has 0 fully saturated rings. The van der Waals surface area contributed by atoms with Gasteiger partial charge >= 0.3 is 5.97 Å². The number of allylic oxidation sites excluding steroid dienone is 2. The zero-order valence-electron chi connectivity index (χ0n) is 9.35. The van der Waals surface area contributed by atoms with E-state index >= 15 is 0 Å². The van der Waals surface area contributed by atoms with E-state index < -0.39 is 16.4 Å². The predicted molar refractivity (Wildman–Crippen MR) is 71.8 cm³/mol. The molecule has 0 bridgehead atoms. The molecule has 1 aliphatic heterocycles. The molecule has 0 amide bonds. The van der Waals surface area contributed by atoms with Crippen LogP contribution in [0.1, 0.15) is 6.92 Å². The van der Waals surface area contributed by atoms with Crippen molar-refractivity contribution in [1.29, 1.82) is 0 Å². The molecular formula is C11H9Br2NO4. The summed E-state index contributed by atoms with van der Waals surface area (Å²) in [6.45, 7) is 1.97. The van der Waals surface area contributed by atoms with Gasteiger partial charge in [0.2, 0.25) is 5.60 Å². The molecule has 2 aliphatic rings. The third-order valence-corrected chi connectivity index (χ3v) is 4.50. The fourth-order valence-corrected chi connectivity index (χ4v) is 3.34. The summed E-state index contributed by atoms with van der Waals surface area (Å²) in [5.41, 5.74) is -0.850. The number of hydrogen-bond acceptors (Lipinski definition) is 5. The van der Waals surface area contributed by atoms with Crippen molar-refractivity contribution < 1.29 is 19.2 Å². The van der Waals surface area contributed by atoms with Gasteiger partial charge in [-0.25, -0.2) is 4.79 Å². The maximum atomic E-state index is 11.7. The van der Waals surface area contributed by atoms with Crippen LogP contribution in [0.25, 0.3) is 0 Å². The summed E-state index contributed by atoms with van der Waals surface area (Å²) in [4.78, 5) is 27.7. The second-order valence-corrected chi connectivity index (χ2v) is 5.44. The van der Waals surface area contributed by atoms with Crippen LogP contribution >= 0.6 is 31.9 Å². The maximum absolute atomic E-state index is 11.7. The highest BCUT2D eigenvalue weighted by atomic mass is 79.9. The molecule has 0 aromatic rings. The van der Waals surface area contributed by atoms with Crippen LogP contribution < -0.4 is 0 Å². The van der Waals surface area contributed by atoms with Crippen molar-refractivity contribution in [2.24, 2.45) is 5.16 Å². The number of oxime groups is 1. The Morgan fingerprint density at radius 2 is 2.39 bits per heavy atom. The number of ether oxygens (including phenoxy) is 1. The first-order chi connectivity index (χ1) is 8.51. The summed E-state index contributed by atoms with van der Waals surface area (Å²) in [6.07, 6.45) is 4.33. The highest BCUT2D eigenvalue weighted by Crippen LogP contribution is 2.42. The Bertz CT molecular complexity index is 497. The monoisotopic (exact) mass is 377 g/mol. The molecule has 2 rings (SSSR count). The third-order valence-electron chi connectivity index (χ3n) is 2.53. The average molecular weight is 379 g/mol. The van der Waals surface area contributed by atoms with Gasteiger partial charge in [-0.15, -0.1) is 0 Å². The Morgan fingerprint density at radius 1 is 1.67 bits per heavy atom. The zero-order valence-corrected chi connectivity index (χ0v) is 12.5. The van der Waals surface area contributed by atoms with Crippen molar-refractivity contribution >= 4 is 49.3 Å². The Labute approximate surface area is 120 Å². The van der Waals surface area contributed by atoms with E-state index in [4.69, 9.17) is 9.57 Å². The van der Waals surface area contributed by atoms with E-state index in [9.17, 15) is 9.59 Å². The summed E-state index contributed by atoms with van der Waals surface area (Å²) in [7, 11) is 0. The van der Waals surface area contributed by atoms with Crippen LogP contribution in [0, 0.1) is 0 Å². The van der Waals surface area contributed by atoms with E-state index in [1.54, 1.807) is 13.0 Å². The van der Waals surface area contributed by atoms with Crippen LogP contribution in [-0.4, -0.2) is 34.5 Å². The molecule has 5 nitrogen and oxygen atoms in total. The van der Waals surface area contributed by atoms with Gasteiger partial charge in [-0.3, -0.25) is 4.79 Å². The predicted octanol–water partition coefficient (Wildman–Crippen LogP) is 1.86. The SMILES string of the molecule is CCOC(=O)C1=NO[C@]2(C=CC(=O)C=C2Br)[C@@H]1Br. The van der Waals surface area contributed by atoms with E-state index in [1.807, 2.05) is 0 Å². The fourth-order valence-electron chi connectivity index (χ4n) is 1.62. The third kappa shape index (κ3) is 2.05. The molecule has 0 unspecified atom stereocenters. The molecule has 0 saturated carbocycles. The topological polar surface area (TPSA) is 65.0 Å². The number of rotatable bonds is 2. The first kappa shape index (κ1) is 13.5. The summed E-state index contributed by atoms with van der Waals surface area (Å²) in [6, 6.07) is 0. The maximum Gasteiger partial charge on any atom is 0.357 e. The Morgan fingerprint density at radius 3 is 3.00 bits per heavy atom. The molecule has 2 atom stereocenters. The smallest absolute Gasteiger partial charge is 0.357 e. The van der Waals surface area contributed by atoms with Gasteiger partial charge in [0.1, 0.15) is 4.83 Å². The Balaban J connectivity index is 2.27. The molecule has 0 aromatic heterocycles. The molecule has 18 heavy (non-hydrogen) atoms. The number of carbonyl (C=O) groups excluding carboxylic acids is 2. The summed E-state index contributed by atoms with van der Waals surface area (Å²) < 4.78 is 5.39. The van der Waals surface area contributed by atoms with Crippen LogP contribution in [-0.2, 0) is 19.2 Å². The molecule has 1 aliphatic carbocycles. The molecular weight excluding hydrogens is 370 g/mol. The van der Waals surface area contributed by atoms with Crippen LogP contribution in [0.2, 0.25) is 0 Å². The van der Waals surface area contributed by atoms with Gasteiger partial charge in [0.25, 0.3) is 0 Å². The molecule has 7 heteroatoms. The fraction of sp³-hybridized carbons (Fsp3) is 0.364. The standard InChI is InChI=1S/C11H9Br2NO4/c1-2-17-10(16)8-9(13)11(18-14-8)4-3-6(15)5-7(11)12/h3-5,9H,2H2,1H3/t9-,11+/m1/s1. The van der Waals surface area contributed by atoms with Gasteiger partial charge in [0, 0.05) is 6.08 Å². The van der Waals surface area contributed by atoms with Crippen molar-refractivity contribution in [3.63, 3.8) is 0 Å². The molecule has 1 heterocycles. The number of halogens is 2. The van der Waals surface area contributed by atoms with Crippen LogP contribution in [0.4, 0.5) is 0 Å². The Hall–Kier alpha value is -0.950. The lowest BCUT2D eigenvalue weighted by Gasteiger charge is -2.28. The summed E-state index contributed by atoms with van der Waals surface area (Å²) in [5.74, 6) is -0.692. The van der Waals surface area contributed by atoms with Gasteiger partial charge in [0.05, 0.1) is 11.1 Å². The number of ketones is 1. The zero-order chi connectivity index (χ0) is 13.3. The van der Waals surface area contributed by atoms with Crippen molar-refractivity contribution in [1.82, 2.24) is 0 Å². The second-order valence-electron chi connectivity index (χ2n) is 3.67. The van der Waals surface area contributed by atoms with E-state index in [0.29, 0.717) is 4.48 Å². The van der Waals surface area contributed by atoms with E-state index in [2.05, 4.69) is 37.0 Å². The van der Waals surface area contributed by atoms with Crippen LogP contribution in [0.3, 0.4) is 0 Å². The quantitative estimate of drug-likeness (QED) is 0.543. The Kier molecular flexibility index (Phi) is 3.72. The molecule has 0 radical (unpaired) electrons. The van der Waals surface area contributed by atoms with Crippen molar-refractivity contribution in [2.75, 3.05) is 6.61 Å². The lowest BCUT2D eigenvalue weighted by atomic mass is 9.92. The summed E-state index contributed by atoms with van der Waals surface area (Å²) >= 11 is 6.64. The van der Waals surface area contributed by atoms with Crippen molar-refractivity contribution in [3.8, 4) is 0 Å². The van der Waals surface area contributed by atoms with Gasteiger partial charge < -0.3 is 9.57 Å². The lowest BCUT2D eigenvalue weighted by molar-refractivity contribution is -0.135. The summed E-state index contributed by atoms with van der Waals surface area (Å²) in [5, 5.41) is 3.75. The minimum Gasteiger partial charge on any atom is -0.461 e. The number of hydrogen-bond donors (Lipinski definition) is 0. The number of nitrogens with zero attached hydrogens (tertiary/aromatic N) is 1. The normalized spacial score (nSPS) is 29.9. The van der Waals surface area contributed by atoms with Gasteiger partial charge in [-0.1, -0.05) is 37.0 Å².